The number of furan rings is 1. The minimum absolute atomic E-state index is 0.0623. The molecule has 4 rings (SSSR count). The van der Waals surface area contributed by atoms with Crippen molar-refractivity contribution in [3.05, 3.63) is 47.1 Å². The van der Waals surface area contributed by atoms with Crippen molar-refractivity contribution in [2.24, 2.45) is 0 Å². The highest BCUT2D eigenvalue weighted by Crippen LogP contribution is 2.38. The van der Waals surface area contributed by atoms with E-state index in [2.05, 4.69) is 15.5 Å². The molecule has 1 aliphatic carbocycles. The van der Waals surface area contributed by atoms with E-state index in [0.29, 0.717) is 24.7 Å². The molecule has 1 fully saturated rings. The number of thiophene rings is 1. The van der Waals surface area contributed by atoms with Gasteiger partial charge in [0.15, 0.2) is 5.82 Å². The molecule has 1 amide bonds. The van der Waals surface area contributed by atoms with Gasteiger partial charge >= 0.3 is 0 Å². The highest BCUT2D eigenvalue weighted by atomic mass is 32.1. The number of aryl methyl sites for hydroxylation is 1. The van der Waals surface area contributed by atoms with Gasteiger partial charge in [0.05, 0.1) is 4.88 Å². The number of carbonyl (C=O) groups excluding carboxylic acids is 1. The molecule has 1 aliphatic rings. The Balaban J connectivity index is 1.28. The van der Waals surface area contributed by atoms with Crippen LogP contribution >= 0.6 is 11.3 Å². The first-order valence-corrected chi connectivity index (χ1v) is 9.32. The Morgan fingerprint density at radius 3 is 3.04 bits per heavy atom. The standard InChI is InChI=1S/C18H19N3O3S/c1-11(18-20-17(21-24-18)12-4-5-12)19-16(22)9-7-13-6-8-14(23-13)15-3-2-10-25-15/h2-3,6,8,10-12H,4-5,7,9H2,1H3,(H,19,22). The molecule has 25 heavy (non-hydrogen) atoms. The maximum Gasteiger partial charge on any atom is 0.248 e. The molecule has 7 heteroatoms. The summed E-state index contributed by atoms with van der Waals surface area (Å²) in [5.74, 6) is 3.25. The summed E-state index contributed by atoms with van der Waals surface area (Å²) in [4.78, 5) is 17.6. The third kappa shape index (κ3) is 3.82. The molecule has 0 aromatic carbocycles. The van der Waals surface area contributed by atoms with Crippen molar-refractivity contribution < 1.29 is 13.7 Å². The third-order valence-corrected chi connectivity index (χ3v) is 5.06. The van der Waals surface area contributed by atoms with Gasteiger partial charge in [-0.25, -0.2) is 0 Å². The van der Waals surface area contributed by atoms with E-state index in [-0.39, 0.29) is 11.9 Å². The summed E-state index contributed by atoms with van der Waals surface area (Å²) in [6.45, 7) is 1.85. The number of carbonyl (C=O) groups is 1. The second-order valence-electron chi connectivity index (χ2n) is 6.30. The van der Waals surface area contributed by atoms with E-state index >= 15 is 0 Å². The SMILES string of the molecule is CC(NC(=O)CCc1ccc(-c2cccs2)o1)c1nc(C2CC2)no1. The van der Waals surface area contributed by atoms with E-state index in [1.165, 1.54) is 0 Å². The number of rotatable bonds is 7. The lowest BCUT2D eigenvalue weighted by molar-refractivity contribution is -0.121. The van der Waals surface area contributed by atoms with Crippen LogP contribution in [0.2, 0.25) is 0 Å². The van der Waals surface area contributed by atoms with Crippen LogP contribution in [0.25, 0.3) is 10.6 Å². The second-order valence-corrected chi connectivity index (χ2v) is 7.25. The van der Waals surface area contributed by atoms with Gasteiger partial charge in [-0.05, 0) is 43.3 Å². The Kier molecular flexibility index (Phi) is 4.40. The Bertz CT molecular complexity index is 849. The van der Waals surface area contributed by atoms with Gasteiger partial charge in [0.1, 0.15) is 17.6 Å². The van der Waals surface area contributed by atoms with Crippen molar-refractivity contribution in [2.45, 2.75) is 44.6 Å². The van der Waals surface area contributed by atoms with Crippen LogP contribution in [0.5, 0.6) is 0 Å². The summed E-state index contributed by atoms with van der Waals surface area (Å²) >= 11 is 1.63. The van der Waals surface area contributed by atoms with Gasteiger partial charge in [-0.1, -0.05) is 11.2 Å². The van der Waals surface area contributed by atoms with Crippen LogP contribution in [-0.2, 0) is 11.2 Å². The first-order valence-electron chi connectivity index (χ1n) is 8.44. The van der Waals surface area contributed by atoms with E-state index in [1.807, 2.05) is 36.6 Å². The molecule has 0 bridgehead atoms. The van der Waals surface area contributed by atoms with E-state index in [9.17, 15) is 4.79 Å². The zero-order valence-corrected chi connectivity index (χ0v) is 14.7. The molecular weight excluding hydrogens is 338 g/mol. The number of nitrogens with one attached hydrogen (secondary N) is 1. The molecule has 3 aromatic heterocycles. The van der Waals surface area contributed by atoms with Gasteiger partial charge in [0.25, 0.3) is 0 Å². The van der Waals surface area contributed by atoms with Gasteiger partial charge in [0.2, 0.25) is 11.8 Å². The van der Waals surface area contributed by atoms with Crippen molar-refractivity contribution in [1.82, 2.24) is 15.5 Å². The molecule has 3 heterocycles. The zero-order valence-electron chi connectivity index (χ0n) is 13.9. The topological polar surface area (TPSA) is 81.2 Å². The Hall–Kier alpha value is -2.41. The van der Waals surface area contributed by atoms with Crippen LogP contribution in [0.4, 0.5) is 0 Å². The van der Waals surface area contributed by atoms with Crippen LogP contribution in [-0.4, -0.2) is 16.0 Å². The molecule has 3 aromatic rings. The van der Waals surface area contributed by atoms with Crippen molar-refractivity contribution in [3.63, 3.8) is 0 Å². The smallest absolute Gasteiger partial charge is 0.248 e. The van der Waals surface area contributed by atoms with Gasteiger partial charge in [-0.3, -0.25) is 4.79 Å². The fourth-order valence-corrected chi connectivity index (χ4v) is 3.29. The summed E-state index contributed by atoms with van der Waals surface area (Å²) in [6.07, 6.45) is 3.15. The number of aromatic nitrogens is 2. The summed E-state index contributed by atoms with van der Waals surface area (Å²) in [5, 5.41) is 8.89. The van der Waals surface area contributed by atoms with Crippen LogP contribution in [0.1, 0.15) is 55.6 Å². The molecule has 6 nitrogen and oxygen atoms in total. The van der Waals surface area contributed by atoms with E-state index in [0.717, 1.165) is 35.1 Å². The lowest BCUT2D eigenvalue weighted by atomic mass is 10.2. The molecule has 0 aliphatic heterocycles. The maximum absolute atomic E-state index is 12.1. The minimum Gasteiger partial charge on any atom is -0.460 e. The average Bonchev–Trinajstić information content (AvgIpc) is 3.06. The zero-order chi connectivity index (χ0) is 17.2. The number of amides is 1. The van der Waals surface area contributed by atoms with Crippen molar-refractivity contribution in [2.75, 3.05) is 0 Å². The number of hydrogen-bond donors (Lipinski definition) is 1. The molecule has 1 unspecified atom stereocenters. The quantitative estimate of drug-likeness (QED) is 0.689. The van der Waals surface area contributed by atoms with E-state index in [1.54, 1.807) is 11.3 Å². The van der Waals surface area contributed by atoms with Gasteiger partial charge < -0.3 is 14.3 Å². The molecule has 1 saturated carbocycles. The second kappa shape index (κ2) is 6.84. The number of hydrogen-bond acceptors (Lipinski definition) is 6. The van der Waals surface area contributed by atoms with Gasteiger partial charge in [-0.2, -0.15) is 4.98 Å². The summed E-state index contributed by atoms with van der Waals surface area (Å²) in [6, 6.07) is 7.59. The normalized spacial score (nSPS) is 15.2. The van der Waals surface area contributed by atoms with E-state index in [4.69, 9.17) is 8.94 Å². The van der Waals surface area contributed by atoms with Gasteiger partial charge in [-0.15, -0.1) is 11.3 Å². The fourth-order valence-electron chi connectivity index (χ4n) is 2.61. The lowest BCUT2D eigenvalue weighted by Gasteiger charge is -2.08. The molecule has 0 radical (unpaired) electrons. The predicted octanol–water partition coefficient (Wildman–Crippen LogP) is 4.08. The first kappa shape index (κ1) is 16.1. The minimum atomic E-state index is -0.286. The molecule has 1 N–H and O–H groups in total. The first-order chi connectivity index (χ1) is 12.2. The van der Waals surface area contributed by atoms with Crippen molar-refractivity contribution in [3.8, 4) is 10.6 Å². The van der Waals surface area contributed by atoms with E-state index < -0.39 is 0 Å². The largest absolute Gasteiger partial charge is 0.460 e. The average molecular weight is 357 g/mol. The van der Waals surface area contributed by atoms with Crippen LogP contribution in [0, 0.1) is 0 Å². The van der Waals surface area contributed by atoms with Crippen LogP contribution < -0.4 is 5.32 Å². The third-order valence-electron chi connectivity index (χ3n) is 4.17. The molecule has 130 valence electrons. The lowest BCUT2D eigenvalue weighted by Crippen LogP contribution is -2.27. The summed E-state index contributed by atoms with van der Waals surface area (Å²) in [5.41, 5.74) is 0. The molecule has 0 spiro atoms. The Morgan fingerprint density at radius 1 is 1.40 bits per heavy atom. The highest BCUT2D eigenvalue weighted by molar-refractivity contribution is 7.13. The summed E-state index contributed by atoms with van der Waals surface area (Å²) < 4.78 is 11.0. The van der Waals surface area contributed by atoms with Crippen molar-refractivity contribution in [1.29, 1.82) is 0 Å². The molecule has 1 atom stereocenters. The molecular formula is C18H19N3O3S. The highest BCUT2D eigenvalue weighted by Gasteiger charge is 2.29. The fraction of sp³-hybridized carbons (Fsp3) is 0.389. The predicted molar refractivity (Wildman–Crippen MR) is 93.2 cm³/mol. The Labute approximate surface area is 149 Å². The van der Waals surface area contributed by atoms with Crippen molar-refractivity contribution >= 4 is 17.2 Å². The number of nitrogens with zero attached hydrogens (tertiary/aromatic N) is 2. The molecule has 0 saturated heterocycles. The van der Waals surface area contributed by atoms with Crippen LogP contribution in [0.3, 0.4) is 0 Å². The Morgan fingerprint density at radius 2 is 2.28 bits per heavy atom. The van der Waals surface area contributed by atoms with Crippen LogP contribution in [0.15, 0.2) is 38.6 Å². The maximum atomic E-state index is 12.1. The summed E-state index contributed by atoms with van der Waals surface area (Å²) in [7, 11) is 0. The van der Waals surface area contributed by atoms with Gasteiger partial charge in [0, 0.05) is 18.8 Å². The monoisotopic (exact) mass is 357 g/mol.